The highest BCUT2D eigenvalue weighted by Crippen LogP contribution is 2.47. The average Bonchev–Trinajstić information content (AvgIpc) is 3.11. The molecule has 1 aliphatic carbocycles. The summed E-state index contributed by atoms with van der Waals surface area (Å²) in [4.78, 5) is 20.1. The summed E-state index contributed by atoms with van der Waals surface area (Å²) in [6.07, 6.45) is 6.47. The largest absolute Gasteiger partial charge is 0.385 e. The van der Waals surface area contributed by atoms with E-state index in [1.165, 1.54) is 0 Å². The Kier molecular flexibility index (Phi) is 4.71. The van der Waals surface area contributed by atoms with Crippen molar-refractivity contribution in [1.82, 2.24) is 14.3 Å². The Morgan fingerprint density at radius 3 is 2.69 bits per heavy atom. The summed E-state index contributed by atoms with van der Waals surface area (Å²) in [6, 6.07) is 15.8. The van der Waals surface area contributed by atoms with Gasteiger partial charge in [-0.15, -0.1) is 0 Å². The summed E-state index contributed by atoms with van der Waals surface area (Å²) < 4.78 is 2.53. The van der Waals surface area contributed by atoms with Crippen LogP contribution >= 0.6 is 15.9 Å². The molecule has 6 heteroatoms. The lowest BCUT2D eigenvalue weighted by Gasteiger charge is -2.52. The van der Waals surface area contributed by atoms with Gasteiger partial charge in [-0.05, 0) is 52.9 Å². The summed E-state index contributed by atoms with van der Waals surface area (Å²) in [5.41, 5.74) is 0.977. The molecule has 1 aromatic carbocycles. The molecule has 2 aliphatic rings. The predicted molar refractivity (Wildman–Crippen MR) is 115 cm³/mol. The molecular weight excluding hydrogens is 430 g/mol. The zero-order chi connectivity index (χ0) is 20.0. The first kappa shape index (κ1) is 18.8. The number of likely N-dealkylation sites (tertiary alicyclic amines) is 1. The molecule has 3 aromatic rings. The van der Waals surface area contributed by atoms with Crippen LogP contribution in [-0.2, 0) is 5.60 Å². The van der Waals surface area contributed by atoms with Crippen LogP contribution < -0.4 is 0 Å². The van der Waals surface area contributed by atoms with Crippen molar-refractivity contribution in [1.29, 1.82) is 0 Å². The minimum absolute atomic E-state index is 0.0324. The molecule has 0 unspecified atom stereocenters. The van der Waals surface area contributed by atoms with E-state index < -0.39 is 5.60 Å². The van der Waals surface area contributed by atoms with Crippen molar-refractivity contribution in [2.75, 3.05) is 6.54 Å². The van der Waals surface area contributed by atoms with E-state index in [1.807, 2.05) is 64.0 Å². The zero-order valence-electron chi connectivity index (χ0n) is 16.2. The van der Waals surface area contributed by atoms with E-state index >= 15 is 0 Å². The number of hydrogen-bond donors (Lipinski definition) is 1. The van der Waals surface area contributed by atoms with Crippen LogP contribution in [0.2, 0.25) is 0 Å². The molecule has 0 spiro atoms. The standard InChI is InChI=1S/C23H24BrN3O2/c24-20-19-12-6-7-14-26(19)21(25-20)22(28)27-15-13-23(29,16-8-2-1-3-9-16)17-10-4-5-11-18(17)27/h1-3,6-9,12,14,17-18,29H,4-5,10-11,13,15H2/t17-,18+,23-/m0/s1. The molecule has 3 atom stereocenters. The maximum Gasteiger partial charge on any atom is 0.290 e. The number of aliphatic hydroxyl groups is 1. The number of fused-ring (bicyclic) bond motifs is 2. The van der Waals surface area contributed by atoms with Gasteiger partial charge in [-0.25, -0.2) is 4.98 Å². The second kappa shape index (κ2) is 7.26. The number of rotatable bonds is 2. The highest BCUT2D eigenvalue weighted by Gasteiger charge is 2.50. The topological polar surface area (TPSA) is 57.8 Å². The summed E-state index contributed by atoms with van der Waals surface area (Å²) in [5, 5.41) is 11.7. The number of amides is 1. The minimum Gasteiger partial charge on any atom is -0.385 e. The van der Waals surface area contributed by atoms with E-state index in [1.54, 1.807) is 0 Å². The highest BCUT2D eigenvalue weighted by molar-refractivity contribution is 9.10. The third-order valence-corrected chi connectivity index (χ3v) is 7.29. The Hall–Kier alpha value is -2.18. The predicted octanol–water partition coefficient (Wildman–Crippen LogP) is 4.39. The average molecular weight is 454 g/mol. The number of hydrogen-bond acceptors (Lipinski definition) is 3. The van der Waals surface area contributed by atoms with Crippen LogP contribution in [0.25, 0.3) is 5.52 Å². The molecule has 3 heterocycles. The Labute approximate surface area is 178 Å². The van der Waals surface area contributed by atoms with Crippen LogP contribution in [0, 0.1) is 5.92 Å². The summed E-state index contributed by atoms with van der Waals surface area (Å²) in [7, 11) is 0. The minimum atomic E-state index is -0.877. The SMILES string of the molecule is O=C(c1nc(Br)c2ccccn12)N1CC[C@](O)(c2ccccc2)[C@H]2CCCC[C@H]21. The highest BCUT2D eigenvalue weighted by atomic mass is 79.9. The van der Waals surface area contributed by atoms with E-state index in [0.717, 1.165) is 36.8 Å². The van der Waals surface area contributed by atoms with Crippen molar-refractivity contribution in [3.63, 3.8) is 0 Å². The third-order valence-electron chi connectivity index (χ3n) is 6.71. The molecular formula is C23H24BrN3O2. The van der Waals surface area contributed by atoms with E-state index in [4.69, 9.17) is 0 Å². The van der Waals surface area contributed by atoms with Gasteiger partial charge < -0.3 is 10.0 Å². The van der Waals surface area contributed by atoms with Crippen LogP contribution in [0.15, 0.2) is 59.3 Å². The first-order valence-electron chi connectivity index (χ1n) is 10.3. The molecule has 0 bridgehead atoms. The van der Waals surface area contributed by atoms with Crippen molar-refractivity contribution in [3.8, 4) is 0 Å². The van der Waals surface area contributed by atoms with E-state index in [-0.39, 0.29) is 17.9 Å². The van der Waals surface area contributed by atoms with Crippen LogP contribution in [0.1, 0.15) is 48.3 Å². The van der Waals surface area contributed by atoms with Crippen LogP contribution in [0.4, 0.5) is 0 Å². The second-order valence-corrected chi connectivity index (χ2v) is 8.93. The molecule has 2 aromatic heterocycles. The van der Waals surface area contributed by atoms with E-state index in [9.17, 15) is 9.90 Å². The number of carbonyl (C=O) groups excluding carboxylic acids is 1. The van der Waals surface area contributed by atoms with Crippen molar-refractivity contribution in [3.05, 3.63) is 70.7 Å². The van der Waals surface area contributed by atoms with Gasteiger partial charge in [0.1, 0.15) is 4.60 Å². The normalized spacial score (nSPS) is 27.0. The lowest BCUT2D eigenvalue weighted by Crippen LogP contribution is -2.59. The maximum absolute atomic E-state index is 13.6. The maximum atomic E-state index is 13.6. The first-order valence-corrected chi connectivity index (χ1v) is 11.1. The lowest BCUT2D eigenvalue weighted by atomic mass is 9.66. The van der Waals surface area contributed by atoms with Crippen molar-refractivity contribution >= 4 is 27.4 Å². The molecule has 1 N–H and O–H groups in total. The molecule has 5 rings (SSSR count). The summed E-state index contributed by atoms with van der Waals surface area (Å²) in [5.74, 6) is 0.428. The molecule has 1 saturated heterocycles. The number of carbonyl (C=O) groups is 1. The number of aromatic nitrogens is 2. The van der Waals surface area contributed by atoms with Crippen LogP contribution in [0.3, 0.4) is 0 Å². The third kappa shape index (κ3) is 3.01. The fourth-order valence-corrected chi connectivity index (χ4v) is 5.79. The van der Waals surface area contributed by atoms with Gasteiger partial charge in [0, 0.05) is 24.7 Å². The molecule has 1 saturated carbocycles. The number of imidazole rings is 1. The van der Waals surface area contributed by atoms with Crippen LogP contribution in [0.5, 0.6) is 0 Å². The number of benzene rings is 1. The van der Waals surface area contributed by atoms with Crippen molar-refractivity contribution in [2.45, 2.75) is 43.7 Å². The quantitative estimate of drug-likeness (QED) is 0.625. The number of halogens is 1. The van der Waals surface area contributed by atoms with Crippen molar-refractivity contribution < 1.29 is 9.90 Å². The Morgan fingerprint density at radius 2 is 1.86 bits per heavy atom. The van der Waals surface area contributed by atoms with E-state index in [0.29, 0.717) is 23.4 Å². The van der Waals surface area contributed by atoms with Gasteiger partial charge in [0.05, 0.1) is 11.1 Å². The van der Waals surface area contributed by atoms with Gasteiger partial charge in [0.25, 0.3) is 5.91 Å². The number of piperidine rings is 1. The molecule has 29 heavy (non-hydrogen) atoms. The Balaban J connectivity index is 1.51. The summed E-state index contributed by atoms with van der Waals surface area (Å²) in [6.45, 7) is 0.533. The van der Waals surface area contributed by atoms with Gasteiger partial charge >= 0.3 is 0 Å². The van der Waals surface area contributed by atoms with Crippen LogP contribution in [-0.4, -0.2) is 37.9 Å². The molecule has 1 amide bonds. The van der Waals surface area contributed by atoms with Gasteiger partial charge in [0.2, 0.25) is 5.82 Å². The fourth-order valence-electron chi connectivity index (χ4n) is 5.30. The molecule has 1 aliphatic heterocycles. The van der Waals surface area contributed by atoms with Gasteiger partial charge in [-0.3, -0.25) is 9.20 Å². The first-order chi connectivity index (χ1) is 14.1. The van der Waals surface area contributed by atoms with Crippen molar-refractivity contribution in [2.24, 2.45) is 5.92 Å². The molecule has 5 nitrogen and oxygen atoms in total. The Morgan fingerprint density at radius 1 is 1.10 bits per heavy atom. The molecule has 2 fully saturated rings. The van der Waals surface area contributed by atoms with Gasteiger partial charge in [-0.2, -0.15) is 0 Å². The molecule has 0 radical (unpaired) electrons. The Bertz CT molecular complexity index is 1050. The number of nitrogens with zero attached hydrogens (tertiary/aromatic N) is 3. The molecule has 150 valence electrons. The van der Waals surface area contributed by atoms with Gasteiger partial charge in [0.15, 0.2) is 0 Å². The summed E-state index contributed by atoms with van der Waals surface area (Å²) >= 11 is 3.48. The smallest absolute Gasteiger partial charge is 0.290 e. The zero-order valence-corrected chi connectivity index (χ0v) is 17.8. The lowest BCUT2D eigenvalue weighted by molar-refractivity contribution is -0.110. The van der Waals surface area contributed by atoms with Gasteiger partial charge in [-0.1, -0.05) is 49.2 Å². The number of pyridine rings is 1. The monoisotopic (exact) mass is 453 g/mol. The van der Waals surface area contributed by atoms with E-state index in [2.05, 4.69) is 20.9 Å². The second-order valence-electron chi connectivity index (χ2n) is 8.18. The fraction of sp³-hybridized carbons (Fsp3) is 0.391.